The monoisotopic (exact) mass is 308 g/mol. The first kappa shape index (κ1) is 17.6. The minimum absolute atomic E-state index is 0.0787. The van der Waals surface area contributed by atoms with Crippen molar-refractivity contribution < 1.29 is 0 Å². The summed E-state index contributed by atoms with van der Waals surface area (Å²) in [6, 6.07) is 0. The van der Waals surface area contributed by atoms with Crippen LogP contribution in [0.1, 0.15) is 93.9 Å². The van der Waals surface area contributed by atoms with Crippen LogP contribution < -0.4 is 0 Å². The minimum Gasteiger partial charge on any atom is -0.266 e. The van der Waals surface area contributed by atoms with Crippen LogP contribution in [0.2, 0.25) is 0 Å². The molecule has 0 saturated carbocycles. The van der Waals surface area contributed by atoms with Crippen LogP contribution in [0.4, 0.5) is 0 Å². The Bertz CT molecular complexity index is 362. The number of piperidine rings is 2. The zero-order valence-electron chi connectivity index (χ0n) is 16.0. The largest absolute Gasteiger partial charge is 0.266 e. The van der Waals surface area contributed by atoms with Crippen molar-refractivity contribution in [3.05, 3.63) is 0 Å². The van der Waals surface area contributed by atoms with Gasteiger partial charge in [-0.15, -0.1) is 0 Å². The summed E-state index contributed by atoms with van der Waals surface area (Å²) in [6.07, 6.45) is 7.27. The molecule has 0 spiro atoms. The summed E-state index contributed by atoms with van der Waals surface area (Å²) in [6.45, 7) is 18.3. The molecule has 2 rings (SSSR count). The average Bonchev–Trinajstić information content (AvgIpc) is 2.29. The van der Waals surface area contributed by atoms with Gasteiger partial charge in [0.1, 0.15) is 0 Å². The molecule has 128 valence electrons. The molecule has 0 aliphatic carbocycles. The highest BCUT2D eigenvalue weighted by atomic mass is 15.7. The molecule has 0 aromatic carbocycles. The van der Waals surface area contributed by atoms with Gasteiger partial charge in [-0.3, -0.25) is 10.0 Å². The van der Waals surface area contributed by atoms with E-state index in [0.717, 1.165) is 0 Å². The molecular formula is C18H36N4. The van der Waals surface area contributed by atoms with E-state index < -0.39 is 0 Å². The molecule has 4 heteroatoms. The summed E-state index contributed by atoms with van der Waals surface area (Å²) in [7, 11) is 0. The van der Waals surface area contributed by atoms with Gasteiger partial charge in [-0.25, -0.2) is 0 Å². The fraction of sp³-hybridized carbons (Fsp3) is 1.00. The van der Waals surface area contributed by atoms with E-state index in [1.165, 1.54) is 38.5 Å². The molecule has 22 heavy (non-hydrogen) atoms. The first-order valence-electron chi connectivity index (χ1n) is 8.91. The van der Waals surface area contributed by atoms with Crippen LogP contribution in [0.25, 0.3) is 0 Å². The Morgan fingerprint density at radius 2 is 0.727 bits per heavy atom. The van der Waals surface area contributed by atoms with E-state index in [0.29, 0.717) is 0 Å². The van der Waals surface area contributed by atoms with Crippen molar-refractivity contribution in [3.63, 3.8) is 0 Å². The SMILES string of the molecule is CC1(C)CCCC(C)(C)N1/N=N/N1C(C)(C)CCCC1(C)C. The Labute approximate surface area is 137 Å². The molecule has 0 amide bonds. The summed E-state index contributed by atoms with van der Waals surface area (Å²) < 4.78 is 0. The van der Waals surface area contributed by atoms with Crippen LogP contribution in [0, 0.1) is 0 Å². The second-order valence-electron chi connectivity index (χ2n) is 9.76. The first-order chi connectivity index (χ1) is 9.89. The molecule has 0 aromatic rings. The van der Waals surface area contributed by atoms with Gasteiger partial charge in [-0.2, -0.15) is 0 Å². The zero-order chi connectivity index (χ0) is 16.8. The number of hydrogen-bond donors (Lipinski definition) is 0. The minimum atomic E-state index is 0.0787. The van der Waals surface area contributed by atoms with E-state index in [2.05, 4.69) is 65.4 Å². The number of hydrogen-bond acceptors (Lipinski definition) is 2. The van der Waals surface area contributed by atoms with Gasteiger partial charge in [0.15, 0.2) is 0 Å². The molecule has 0 radical (unpaired) electrons. The average molecular weight is 309 g/mol. The molecule has 0 aromatic heterocycles. The van der Waals surface area contributed by atoms with E-state index in [9.17, 15) is 0 Å². The van der Waals surface area contributed by atoms with Crippen molar-refractivity contribution in [2.45, 2.75) is 116 Å². The van der Waals surface area contributed by atoms with E-state index in [1.54, 1.807) is 0 Å². The third-order valence-electron chi connectivity index (χ3n) is 5.67. The lowest BCUT2D eigenvalue weighted by Gasteiger charge is -2.52. The van der Waals surface area contributed by atoms with Gasteiger partial charge in [-0.1, -0.05) is 10.4 Å². The van der Waals surface area contributed by atoms with Crippen LogP contribution in [0.15, 0.2) is 10.4 Å². The second-order valence-corrected chi connectivity index (χ2v) is 9.76. The molecule has 0 bridgehead atoms. The van der Waals surface area contributed by atoms with Gasteiger partial charge >= 0.3 is 0 Å². The lowest BCUT2D eigenvalue weighted by Crippen LogP contribution is -2.57. The van der Waals surface area contributed by atoms with Crippen molar-refractivity contribution in [2.24, 2.45) is 10.4 Å². The van der Waals surface area contributed by atoms with E-state index in [4.69, 9.17) is 10.4 Å². The molecule has 2 aliphatic heterocycles. The van der Waals surface area contributed by atoms with Crippen LogP contribution in [-0.4, -0.2) is 32.2 Å². The number of rotatable bonds is 2. The first-order valence-corrected chi connectivity index (χ1v) is 8.91. The Morgan fingerprint density at radius 1 is 0.500 bits per heavy atom. The van der Waals surface area contributed by atoms with Crippen molar-refractivity contribution in [2.75, 3.05) is 0 Å². The predicted octanol–water partition coefficient (Wildman–Crippen LogP) is 5.35. The lowest BCUT2D eigenvalue weighted by molar-refractivity contribution is -0.0730. The Morgan fingerprint density at radius 3 is 0.955 bits per heavy atom. The highest BCUT2D eigenvalue weighted by molar-refractivity contribution is 4.96. The topological polar surface area (TPSA) is 31.2 Å². The van der Waals surface area contributed by atoms with Gasteiger partial charge in [-0.05, 0) is 93.9 Å². The summed E-state index contributed by atoms with van der Waals surface area (Å²) in [5.74, 6) is 0. The van der Waals surface area contributed by atoms with Crippen LogP contribution in [0.5, 0.6) is 0 Å². The maximum atomic E-state index is 4.79. The molecule has 0 unspecified atom stereocenters. The Kier molecular flexibility index (Phi) is 4.29. The highest BCUT2D eigenvalue weighted by Crippen LogP contribution is 2.41. The maximum Gasteiger partial charge on any atom is 0.0547 e. The van der Waals surface area contributed by atoms with Gasteiger partial charge in [0, 0.05) is 0 Å². The van der Waals surface area contributed by atoms with Crippen molar-refractivity contribution in [1.29, 1.82) is 0 Å². The standard InChI is InChI=1S/C18H36N4/c1-15(2)11-9-12-16(3,4)21(15)19-20-22-17(5,6)13-10-14-18(22,7)8/h9-14H2,1-8H3/b20-19+. The van der Waals surface area contributed by atoms with Crippen LogP contribution >= 0.6 is 0 Å². The summed E-state index contributed by atoms with van der Waals surface area (Å²) in [5.41, 5.74) is 0.315. The molecule has 0 N–H and O–H groups in total. The molecule has 0 atom stereocenters. The molecule has 2 aliphatic rings. The Balaban J connectivity index is 2.28. The fourth-order valence-corrected chi connectivity index (χ4v) is 4.53. The quantitative estimate of drug-likeness (QED) is 0.643. The normalized spacial score (nSPS) is 29.8. The predicted molar refractivity (Wildman–Crippen MR) is 92.6 cm³/mol. The summed E-state index contributed by atoms with van der Waals surface area (Å²) >= 11 is 0. The van der Waals surface area contributed by atoms with Crippen molar-refractivity contribution in [3.8, 4) is 0 Å². The van der Waals surface area contributed by atoms with E-state index in [-0.39, 0.29) is 22.2 Å². The summed E-state index contributed by atoms with van der Waals surface area (Å²) in [5, 5.41) is 14.1. The van der Waals surface area contributed by atoms with Gasteiger partial charge in [0.25, 0.3) is 0 Å². The van der Waals surface area contributed by atoms with Gasteiger partial charge in [0.2, 0.25) is 0 Å². The second kappa shape index (κ2) is 5.38. The van der Waals surface area contributed by atoms with E-state index >= 15 is 0 Å². The van der Waals surface area contributed by atoms with Gasteiger partial charge in [0.05, 0.1) is 22.2 Å². The molecule has 2 heterocycles. The Hall–Kier alpha value is -0.800. The zero-order valence-corrected chi connectivity index (χ0v) is 16.0. The molecule has 4 nitrogen and oxygen atoms in total. The molecular weight excluding hydrogens is 272 g/mol. The van der Waals surface area contributed by atoms with Crippen LogP contribution in [-0.2, 0) is 0 Å². The number of nitrogens with zero attached hydrogens (tertiary/aromatic N) is 4. The van der Waals surface area contributed by atoms with E-state index in [1.807, 2.05) is 0 Å². The third-order valence-corrected chi connectivity index (χ3v) is 5.67. The fourth-order valence-electron chi connectivity index (χ4n) is 4.53. The van der Waals surface area contributed by atoms with Crippen molar-refractivity contribution >= 4 is 0 Å². The smallest absolute Gasteiger partial charge is 0.0547 e. The lowest BCUT2D eigenvalue weighted by atomic mass is 9.81. The molecule has 2 fully saturated rings. The molecule has 2 saturated heterocycles. The maximum absolute atomic E-state index is 4.79. The summed E-state index contributed by atoms with van der Waals surface area (Å²) in [4.78, 5) is 0. The van der Waals surface area contributed by atoms with Crippen molar-refractivity contribution in [1.82, 2.24) is 10.0 Å². The van der Waals surface area contributed by atoms with Gasteiger partial charge < -0.3 is 0 Å². The van der Waals surface area contributed by atoms with Crippen LogP contribution in [0.3, 0.4) is 0 Å². The third kappa shape index (κ3) is 3.26. The highest BCUT2D eigenvalue weighted by Gasteiger charge is 2.44.